The highest BCUT2D eigenvalue weighted by Crippen LogP contribution is 2.33. The van der Waals surface area contributed by atoms with Crippen molar-refractivity contribution in [3.8, 4) is 28.5 Å². The number of ether oxygens (including phenoxy) is 1. The third kappa shape index (κ3) is 5.25. The third-order valence-corrected chi connectivity index (χ3v) is 4.69. The predicted octanol–water partition coefficient (Wildman–Crippen LogP) is 3.08. The van der Waals surface area contributed by atoms with Gasteiger partial charge in [0.05, 0.1) is 6.61 Å². The molecule has 9 heteroatoms. The summed E-state index contributed by atoms with van der Waals surface area (Å²) in [5.41, 5.74) is 5.14. The van der Waals surface area contributed by atoms with E-state index >= 15 is 0 Å². The molecule has 2 aromatic carbocycles. The summed E-state index contributed by atoms with van der Waals surface area (Å²) in [7, 11) is 0. The molecule has 7 nitrogen and oxygen atoms in total. The van der Waals surface area contributed by atoms with E-state index < -0.39 is 23.1 Å². The highest BCUT2D eigenvalue weighted by molar-refractivity contribution is 5.97. The molecule has 31 heavy (non-hydrogen) atoms. The monoisotopic (exact) mass is 431 g/mol. The Labute approximate surface area is 178 Å². The fourth-order valence-corrected chi connectivity index (χ4v) is 3.06. The van der Waals surface area contributed by atoms with E-state index in [1.54, 1.807) is 24.3 Å². The lowest BCUT2D eigenvalue weighted by molar-refractivity contribution is 0.0996. The van der Waals surface area contributed by atoms with Gasteiger partial charge >= 0.3 is 0 Å². The van der Waals surface area contributed by atoms with Crippen LogP contribution in [0.4, 0.5) is 8.78 Å². The van der Waals surface area contributed by atoms with Crippen LogP contribution in [0.3, 0.4) is 0 Å². The van der Waals surface area contributed by atoms with Crippen molar-refractivity contribution in [3.63, 3.8) is 0 Å². The van der Waals surface area contributed by atoms with Gasteiger partial charge in [-0.05, 0) is 42.9 Å². The van der Waals surface area contributed by atoms with Crippen LogP contribution in [0, 0.1) is 11.6 Å². The maximum Gasteiger partial charge on any atom is 0.271 e. The van der Waals surface area contributed by atoms with Gasteiger partial charge in [-0.2, -0.15) is 0 Å². The number of hydrogen-bond donors (Lipinski definition) is 2. The maximum atomic E-state index is 14.1. The molecule has 0 spiro atoms. The second-order valence-electron chi connectivity index (χ2n) is 6.69. The number of aliphatic hydroxyl groups is 1. The fourth-order valence-electron chi connectivity index (χ4n) is 3.06. The van der Waals surface area contributed by atoms with Gasteiger partial charge in [0, 0.05) is 18.7 Å². The van der Waals surface area contributed by atoms with E-state index in [0.717, 1.165) is 18.7 Å². The molecule has 164 valence electrons. The number of amides is 1. The minimum absolute atomic E-state index is 0.0109. The molecule has 0 unspecified atom stereocenters. The SMILES string of the molecule is CCN(CCO)CCOc1ccc(-c2oc(-c3c(F)cccc3F)nc2C(N)=O)cc1. The van der Waals surface area contributed by atoms with Crippen LogP contribution in [0.25, 0.3) is 22.8 Å². The van der Waals surface area contributed by atoms with Crippen molar-refractivity contribution in [2.24, 2.45) is 5.73 Å². The number of oxazole rings is 1. The summed E-state index contributed by atoms with van der Waals surface area (Å²) < 4.78 is 39.4. The van der Waals surface area contributed by atoms with Crippen LogP contribution in [-0.4, -0.2) is 53.7 Å². The average molecular weight is 431 g/mol. The standard InChI is InChI=1S/C22H23F2N3O4/c1-2-27(10-12-28)11-13-30-15-8-6-14(7-9-15)20-19(21(25)29)26-22(31-20)18-16(23)4-3-5-17(18)24/h3-9,28H,2,10-13H2,1H3,(H2,25,29). The summed E-state index contributed by atoms with van der Waals surface area (Å²) in [5, 5.41) is 9.02. The summed E-state index contributed by atoms with van der Waals surface area (Å²) in [6.45, 7) is 4.55. The van der Waals surface area contributed by atoms with Crippen molar-refractivity contribution in [3.05, 3.63) is 59.8 Å². The lowest BCUT2D eigenvalue weighted by Crippen LogP contribution is -2.30. The average Bonchev–Trinajstić information content (AvgIpc) is 3.19. The Balaban J connectivity index is 1.81. The molecule has 1 aromatic heterocycles. The van der Waals surface area contributed by atoms with Gasteiger partial charge in [0.25, 0.3) is 5.91 Å². The highest BCUT2D eigenvalue weighted by Gasteiger charge is 2.24. The molecule has 0 fully saturated rings. The number of carbonyl (C=O) groups excluding carboxylic acids is 1. The molecule has 0 aliphatic carbocycles. The summed E-state index contributed by atoms with van der Waals surface area (Å²) in [5.74, 6) is -2.39. The Morgan fingerprint density at radius 2 is 1.84 bits per heavy atom. The molecular formula is C22H23F2N3O4. The Morgan fingerprint density at radius 1 is 1.16 bits per heavy atom. The molecule has 0 bridgehead atoms. The number of halogens is 2. The number of primary amides is 1. The molecule has 3 N–H and O–H groups in total. The van der Waals surface area contributed by atoms with Gasteiger partial charge in [0.2, 0.25) is 5.89 Å². The zero-order chi connectivity index (χ0) is 22.4. The van der Waals surface area contributed by atoms with Gasteiger partial charge in [-0.1, -0.05) is 13.0 Å². The molecule has 0 aliphatic rings. The van der Waals surface area contributed by atoms with Crippen LogP contribution in [0.1, 0.15) is 17.4 Å². The first-order valence-electron chi connectivity index (χ1n) is 9.76. The van der Waals surface area contributed by atoms with E-state index in [1.807, 2.05) is 11.8 Å². The number of aromatic nitrogens is 1. The molecule has 3 rings (SSSR count). The van der Waals surface area contributed by atoms with E-state index in [-0.39, 0.29) is 24.0 Å². The number of carbonyl (C=O) groups is 1. The first-order chi connectivity index (χ1) is 14.9. The van der Waals surface area contributed by atoms with Crippen molar-refractivity contribution in [1.82, 2.24) is 9.88 Å². The zero-order valence-corrected chi connectivity index (χ0v) is 17.0. The number of rotatable bonds is 10. The normalized spacial score (nSPS) is 11.1. The Kier molecular flexibility index (Phi) is 7.32. The van der Waals surface area contributed by atoms with Gasteiger partial charge in [-0.3, -0.25) is 9.69 Å². The molecule has 0 atom stereocenters. The van der Waals surface area contributed by atoms with Crippen molar-refractivity contribution < 1.29 is 27.8 Å². The molecule has 1 amide bonds. The minimum Gasteiger partial charge on any atom is -0.492 e. The summed E-state index contributed by atoms with van der Waals surface area (Å²) in [4.78, 5) is 17.8. The second-order valence-corrected chi connectivity index (χ2v) is 6.69. The van der Waals surface area contributed by atoms with Gasteiger partial charge in [-0.15, -0.1) is 0 Å². The van der Waals surface area contributed by atoms with Gasteiger partial charge in [0.1, 0.15) is 29.6 Å². The molecule has 0 saturated carbocycles. The topological polar surface area (TPSA) is 102 Å². The molecule has 3 aromatic rings. The molecule has 0 saturated heterocycles. The van der Waals surface area contributed by atoms with E-state index in [4.69, 9.17) is 20.0 Å². The lowest BCUT2D eigenvalue weighted by atomic mass is 10.1. The Morgan fingerprint density at radius 3 is 2.42 bits per heavy atom. The van der Waals surface area contributed by atoms with Crippen molar-refractivity contribution in [1.29, 1.82) is 0 Å². The third-order valence-electron chi connectivity index (χ3n) is 4.69. The fraction of sp³-hybridized carbons (Fsp3) is 0.273. The number of likely N-dealkylation sites (N-methyl/N-ethyl adjacent to an activating group) is 1. The number of nitrogens with zero attached hydrogens (tertiary/aromatic N) is 2. The van der Waals surface area contributed by atoms with E-state index in [2.05, 4.69) is 4.98 Å². The van der Waals surface area contributed by atoms with Crippen LogP contribution < -0.4 is 10.5 Å². The maximum absolute atomic E-state index is 14.1. The highest BCUT2D eigenvalue weighted by atomic mass is 19.1. The largest absolute Gasteiger partial charge is 0.492 e. The van der Waals surface area contributed by atoms with Crippen molar-refractivity contribution in [2.75, 3.05) is 32.8 Å². The summed E-state index contributed by atoms with van der Waals surface area (Å²) >= 11 is 0. The van der Waals surface area contributed by atoms with Crippen LogP contribution in [0.2, 0.25) is 0 Å². The number of hydrogen-bond acceptors (Lipinski definition) is 6. The predicted molar refractivity (Wildman–Crippen MR) is 111 cm³/mol. The van der Waals surface area contributed by atoms with Crippen molar-refractivity contribution >= 4 is 5.91 Å². The lowest BCUT2D eigenvalue weighted by Gasteiger charge is -2.19. The summed E-state index contributed by atoms with van der Waals surface area (Å²) in [6, 6.07) is 9.97. The van der Waals surface area contributed by atoms with Crippen LogP contribution in [0.5, 0.6) is 5.75 Å². The number of nitrogens with two attached hydrogens (primary N) is 1. The molecule has 0 aliphatic heterocycles. The van der Waals surface area contributed by atoms with Crippen molar-refractivity contribution in [2.45, 2.75) is 6.92 Å². The number of aliphatic hydroxyl groups excluding tert-OH is 1. The van der Waals surface area contributed by atoms with Gasteiger partial charge < -0.3 is 20.0 Å². The second kappa shape index (κ2) is 10.1. The minimum atomic E-state index is -0.884. The molecule has 0 radical (unpaired) electrons. The molecular weight excluding hydrogens is 408 g/mol. The first-order valence-corrected chi connectivity index (χ1v) is 9.76. The first kappa shape index (κ1) is 22.4. The Hall–Kier alpha value is -3.30. The molecule has 1 heterocycles. The quantitative estimate of drug-likeness (QED) is 0.512. The summed E-state index contributed by atoms with van der Waals surface area (Å²) in [6.07, 6.45) is 0. The number of benzene rings is 2. The van der Waals surface area contributed by atoms with Crippen LogP contribution >= 0.6 is 0 Å². The van der Waals surface area contributed by atoms with E-state index in [1.165, 1.54) is 6.07 Å². The van der Waals surface area contributed by atoms with Crippen LogP contribution in [-0.2, 0) is 0 Å². The smallest absolute Gasteiger partial charge is 0.271 e. The zero-order valence-electron chi connectivity index (χ0n) is 17.0. The van der Waals surface area contributed by atoms with Gasteiger partial charge in [0.15, 0.2) is 11.5 Å². The van der Waals surface area contributed by atoms with E-state index in [9.17, 15) is 13.6 Å². The van der Waals surface area contributed by atoms with E-state index in [0.29, 0.717) is 31.0 Å². The van der Waals surface area contributed by atoms with Gasteiger partial charge in [-0.25, -0.2) is 13.8 Å². The Bertz CT molecular complexity index is 1020. The van der Waals surface area contributed by atoms with Crippen LogP contribution in [0.15, 0.2) is 46.9 Å².